The molecule has 4 nitrogen and oxygen atoms in total. The first-order valence-corrected chi connectivity index (χ1v) is 8.60. The summed E-state index contributed by atoms with van der Waals surface area (Å²) in [6, 6.07) is 3.53. The third kappa shape index (κ3) is 4.59. The lowest BCUT2D eigenvalue weighted by atomic mass is 10.2. The van der Waals surface area contributed by atoms with Crippen LogP contribution in [0.2, 0.25) is 0 Å². The number of nitrogens with zero attached hydrogens (tertiary/aromatic N) is 1. The summed E-state index contributed by atoms with van der Waals surface area (Å²) < 4.78 is 64.5. The van der Waals surface area contributed by atoms with Crippen molar-refractivity contribution < 1.29 is 21.6 Å². The van der Waals surface area contributed by atoms with E-state index in [1.807, 2.05) is 6.92 Å². The molecule has 1 fully saturated rings. The molecule has 0 radical (unpaired) electrons. The average molecular weight is 373 g/mol. The van der Waals surface area contributed by atoms with E-state index in [4.69, 9.17) is 0 Å². The van der Waals surface area contributed by atoms with Crippen molar-refractivity contribution in [3.63, 3.8) is 0 Å². The molecule has 1 N–H and O–H groups in total. The van der Waals surface area contributed by atoms with Gasteiger partial charge in [0, 0.05) is 19.1 Å². The Hall–Kier alpha value is -0.830. The van der Waals surface area contributed by atoms with E-state index in [9.17, 15) is 21.6 Å². The van der Waals surface area contributed by atoms with Crippen molar-refractivity contribution in [1.82, 2.24) is 9.62 Å². The van der Waals surface area contributed by atoms with Gasteiger partial charge in [-0.05, 0) is 43.7 Å². The molecule has 132 valence electrons. The zero-order valence-corrected chi connectivity index (χ0v) is 14.3. The SMILES string of the molecule is CCCN(C1CCNC1)S(=O)(=O)c1ccc(C(F)(F)F)cc1.Cl. The molecular formula is C14H20ClF3N2O2S. The second kappa shape index (κ2) is 7.83. The lowest BCUT2D eigenvalue weighted by Gasteiger charge is -2.27. The number of alkyl halides is 3. The van der Waals surface area contributed by atoms with E-state index in [0.717, 1.165) is 30.8 Å². The second-order valence-corrected chi connectivity index (χ2v) is 7.18. The first kappa shape index (κ1) is 20.2. The minimum Gasteiger partial charge on any atom is -0.315 e. The zero-order valence-electron chi connectivity index (χ0n) is 12.6. The number of benzene rings is 1. The molecule has 1 aliphatic heterocycles. The van der Waals surface area contributed by atoms with Crippen LogP contribution in [0.3, 0.4) is 0 Å². The maximum Gasteiger partial charge on any atom is 0.416 e. The third-order valence-electron chi connectivity index (χ3n) is 3.67. The summed E-state index contributed by atoms with van der Waals surface area (Å²) in [6.45, 7) is 3.54. The zero-order chi connectivity index (χ0) is 16.4. The minimum atomic E-state index is -4.47. The number of nitrogens with one attached hydrogen (secondary N) is 1. The van der Waals surface area contributed by atoms with E-state index in [1.165, 1.54) is 4.31 Å². The Bertz CT molecular complexity index is 599. The molecule has 1 atom stereocenters. The molecule has 0 aromatic heterocycles. The van der Waals surface area contributed by atoms with Crippen LogP contribution in [-0.2, 0) is 16.2 Å². The van der Waals surface area contributed by atoms with Crippen LogP contribution in [0.4, 0.5) is 13.2 Å². The van der Waals surface area contributed by atoms with Crippen molar-refractivity contribution in [2.24, 2.45) is 0 Å². The van der Waals surface area contributed by atoms with Crippen LogP contribution in [0.5, 0.6) is 0 Å². The summed E-state index contributed by atoms with van der Waals surface area (Å²) in [4.78, 5) is -0.0964. The van der Waals surface area contributed by atoms with Crippen LogP contribution >= 0.6 is 12.4 Å². The summed E-state index contributed by atoms with van der Waals surface area (Å²) in [5.41, 5.74) is -0.851. The summed E-state index contributed by atoms with van der Waals surface area (Å²) in [6.07, 6.45) is -3.11. The number of rotatable bonds is 5. The highest BCUT2D eigenvalue weighted by molar-refractivity contribution is 7.89. The molecule has 23 heavy (non-hydrogen) atoms. The van der Waals surface area contributed by atoms with Gasteiger partial charge in [-0.15, -0.1) is 12.4 Å². The molecule has 1 aromatic carbocycles. The highest BCUT2D eigenvalue weighted by Crippen LogP contribution is 2.30. The van der Waals surface area contributed by atoms with E-state index < -0.39 is 21.8 Å². The van der Waals surface area contributed by atoms with E-state index >= 15 is 0 Å². The van der Waals surface area contributed by atoms with Gasteiger partial charge in [0.15, 0.2) is 0 Å². The molecule has 9 heteroatoms. The Morgan fingerprint density at radius 3 is 2.30 bits per heavy atom. The normalized spacial score (nSPS) is 18.9. The van der Waals surface area contributed by atoms with Crippen molar-refractivity contribution in [3.8, 4) is 0 Å². The molecule has 0 bridgehead atoms. The van der Waals surface area contributed by atoms with Crippen LogP contribution < -0.4 is 5.32 Å². The standard InChI is InChI=1S/C14H19F3N2O2S.ClH/c1-2-9-19(12-7-8-18-10-12)22(20,21)13-5-3-11(4-6-13)14(15,16)17;/h3-6,12,18H,2,7-10H2,1H3;1H. The molecule has 1 heterocycles. The molecule has 0 spiro atoms. The van der Waals surface area contributed by atoms with E-state index in [0.29, 0.717) is 25.9 Å². The van der Waals surface area contributed by atoms with Gasteiger partial charge in [0.05, 0.1) is 10.5 Å². The second-order valence-electron chi connectivity index (χ2n) is 5.28. The van der Waals surface area contributed by atoms with Gasteiger partial charge in [-0.1, -0.05) is 6.92 Å². The molecule has 0 amide bonds. The molecular weight excluding hydrogens is 353 g/mol. The quantitative estimate of drug-likeness (QED) is 0.864. The van der Waals surface area contributed by atoms with Crippen LogP contribution in [0.15, 0.2) is 29.2 Å². The van der Waals surface area contributed by atoms with E-state index in [1.54, 1.807) is 0 Å². The maximum absolute atomic E-state index is 12.7. The lowest BCUT2D eigenvalue weighted by Crippen LogP contribution is -2.42. The molecule has 1 aliphatic rings. The number of hydrogen-bond donors (Lipinski definition) is 1. The smallest absolute Gasteiger partial charge is 0.315 e. The highest BCUT2D eigenvalue weighted by atomic mass is 35.5. The Morgan fingerprint density at radius 1 is 1.26 bits per heavy atom. The van der Waals surface area contributed by atoms with Crippen LogP contribution in [-0.4, -0.2) is 38.4 Å². The van der Waals surface area contributed by atoms with Crippen molar-refractivity contribution in [3.05, 3.63) is 29.8 Å². The van der Waals surface area contributed by atoms with Gasteiger partial charge in [0.1, 0.15) is 0 Å². The van der Waals surface area contributed by atoms with Gasteiger partial charge < -0.3 is 5.32 Å². The Kier molecular flexibility index (Phi) is 6.88. The first-order valence-electron chi connectivity index (χ1n) is 7.16. The monoisotopic (exact) mass is 372 g/mol. The van der Waals surface area contributed by atoms with E-state index in [2.05, 4.69) is 5.32 Å². The Labute approximate surface area is 140 Å². The lowest BCUT2D eigenvalue weighted by molar-refractivity contribution is -0.137. The van der Waals surface area contributed by atoms with Gasteiger partial charge in [0.25, 0.3) is 0 Å². The fraction of sp³-hybridized carbons (Fsp3) is 0.571. The fourth-order valence-electron chi connectivity index (χ4n) is 2.56. The van der Waals surface area contributed by atoms with Crippen molar-refractivity contribution >= 4 is 22.4 Å². The van der Waals surface area contributed by atoms with Crippen LogP contribution in [0, 0.1) is 0 Å². The summed E-state index contributed by atoms with van der Waals surface area (Å²) in [7, 11) is -3.78. The predicted molar refractivity (Wildman–Crippen MR) is 84.1 cm³/mol. The van der Waals surface area contributed by atoms with Crippen molar-refractivity contribution in [2.45, 2.75) is 36.9 Å². The largest absolute Gasteiger partial charge is 0.416 e. The minimum absolute atomic E-state index is 0. The first-order chi connectivity index (χ1) is 10.3. The number of halogens is 4. The van der Waals surface area contributed by atoms with Crippen molar-refractivity contribution in [1.29, 1.82) is 0 Å². The average Bonchev–Trinajstić information content (AvgIpc) is 2.97. The highest BCUT2D eigenvalue weighted by Gasteiger charge is 2.34. The molecule has 0 saturated carbocycles. The molecule has 1 unspecified atom stereocenters. The summed E-state index contributed by atoms with van der Waals surface area (Å²) in [5.74, 6) is 0. The van der Waals surface area contributed by atoms with Gasteiger partial charge in [-0.25, -0.2) is 8.42 Å². The van der Waals surface area contributed by atoms with Crippen LogP contribution in [0.25, 0.3) is 0 Å². The van der Waals surface area contributed by atoms with Crippen LogP contribution in [0.1, 0.15) is 25.3 Å². The van der Waals surface area contributed by atoms with Gasteiger partial charge >= 0.3 is 6.18 Å². The number of hydrogen-bond acceptors (Lipinski definition) is 3. The maximum atomic E-state index is 12.7. The summed E-state index contributed by atoms with van der Waals surface area (Å²) in [5, 5.41) is 3.11. The molecule has 0 aliphatic carbocycles. The Balaban J connectivity index is 0.00000264. The molecule has 2 rings (SSSR count). The van der Waals surface area contributed by atoms with E-state index in [-0.39, 0.29) is 23.3 Å². The summed E-state index contributed by atoms with van der Waals surface area (Å²) >= 11 is 0. The molecule has 1 saturated heterocycles. The van der Waals surface area contributed by atoms with Gasteiger partial charge in [0.2, 0.25) is 10.0 Å². The predicted octanol–water partition coefficient (Wildman–Crippen LogP) is 2.89. The Morgan fingerprint density at radius 2 is 1.87 bits per heavy atom. The fourth-order valence-corrected chi connectivity index (χ4v) is 4.30. The van der Waals surface area contributed by atoms with Gasteiger partial charge in [-0.2, -0.15) is 17.5 Å². The molecule has 1 aromatic rings. The number of sulfonamides is 1. The van der Waals surface area contributed by atoms with Gasteiger partial charge in [-0.3, -0.25) is 0 Å². The van der Waals surface area contributed by atoms with Crippen molar-refractivity contribution in [2.75, 3.05) is 19.6 Å². The third-order valence-corrected chi connectivity index (χ3v) is 5.64. The topological polar surface area (TPSA) is 49.4 Å².